The number of aliphatic hydroxyl groups excluding tert-OH is 2. The van der Waals surface area contributed by atoms with E-state index < -0.39 is 6.10 Å². The molecule has 170 valence electrons. The van der Waals surface area contributed by atoms with Crippen molar-refractivity contribution in [3.63, 3.8) is 0 Å². The van der Waals surface area contributed by atoms with Gasteiger partial charge in [-0.15, -0.1) is 0 Å². The second-order valence-corrected chi connectivity index (χ2v) is 12.6. The van der Waals surface area contributed by atoms with Gasteiger partial charge in [-0.05, 0) is 73.2 Å². The molecule has 3 nitrogen and oxygen atoms in total. The topological polar surface area (TPSA) is 53.0 Å². The lowest BCUT2D eigenvalue weighted by Gasteiger charge is -2.56. The summed E-state index contributed by atoms with van der Waals surface area (Å²) in [6, 6.07) is 0. The molecule has 0 bridgehead atoms. The molecule has 3 saturated carbocycles. The van der Waals surface area contributed by atoms with Crippen molar-refractivity contribution in [3.8, 4) is 0 Å². The number of allylic oxidation sites excluding steroid dienone is 1. The van der Waals surface area contributed by atoms with Crippen molar-refractivity contribution in [1.29, 1.82) is 0 Å². The Bertz CT molecular complexity index is 728. The molecule has 1 aliphatic heterocycles. The molecule has 0 aromatic carbocycles. The summed E-state index contributed by atoms with van der Waals surface area (Å²) < 4.78 is 6.33. The van der Waals surface area contributed by atoms with Crippen molar-refractivity contribution in [1.82, 2.24) is 0 Å². The Morgan fingerprint density at radius 1 is 1.03 bits per heavy atom. The lowest BCUT2D eigenvalue weighted by atomic mass is 9.48. The Labute approximate surface area is 183 Å². The van der Waals surface area contributed by atoms with Crippen molar-refractivity contribution in [2.75, 3.05) is 0 Å². The second-order valence-electron chi connectivity index (χ2n) is 12.6. The summed E-state index contributed by atoms with van der Waals surface area (Å²) in [5, 5.41) is 21.8. The quantitative estimate of drug-likeness (QED) is 0.451. The Morgan fingerprint density at radius 2 is 1.80 bits per heavy atom. The highest BCUT2D eigenvalue weighted by molar-refractivity contribution is 5.43. The number of hydrogen-bond donors (Lipinski definition) is 2. The molecule has 0 aromatic rings. The standard InChI is InChI=1S/C27H44O3/c1-16(2)7-6-8-17(3)19-9-10-20-22-21(12-13-25(19,20)4)26(5)14-11-18(28)15-27(26)24(30-27)23(22)29/h16-19,21,23-24,28-29H,6-15H2,1-5H3/t17-,18+,19-,21?,23+,24+,25-,26-,27+/m1/s1. The molecule has 9 atom stereocenters. The van der Waals surface area contributed by atoms with Gasteiger partial charge in [0, 0.05) is 11.8 Å². The third kappa shape index (κ3) is 2.80. The molecule has 4 aliphatic carbocycles. The van der Waals surface area contributed by atoms with Gasteiger partial charge in [0.25, 0.3) is 0 Å². The molecule has 1 heterocycles. The molecule has 5 rings (SSSR count). The summed E-state index contributed by atoms with van der Waals surface area (Å²) in [5.41, 5.74) is 3.08. The van der Waals surface area contributed by atoms with Gasteiger partial charge in [-0.3, -0.25) is 0 Å². The van der Waals surface area contributed by atoms with E-state index in [1.807, 2.05) is 0 Å². The average molecular weight is 417 g/mol. The number of aliphatic hydroxyl groups is 2. The Balaban J connectivity index is 1.44. The van der Waals surface area contributed by atoms with Crippen LogP contribution in [0.5, 0.6) is 0 Å². The minimum atomic E-state index is -0.446. The molecular formula is C27H44O3. The van der Waals surface area contributed by atoms with Crippen LogP contribution in [0.3, 0.4) is 0 Å². The van der Waals surface area contributed by atoms with Crippen molar-refractivity contribution < 1.29 is 14.9 Å². The first-order valence-corrected chi connectivity index (χ1v) is 12.9. The van der Waals surface area contributed by atoms with E-state index in [1.165, 1.54) is 50.5 Å². The first-order chi connectivity index (χ1) is 14.1. The van der Waals surface area contributed by atoms with Crippen LogP contribution < -0.4 is 0 Å². The maximum absolute atomic E-state index is 11.5. The predicted octanol–water partition coefficient (Wildman–Crippen LogP) is 5.63. The van der Waals surface area contributed by atoms with E-state index in [2.05, 4.69) is 34.6 Å². The van der Waals surface area contributed by atoms with Crippen LogP contribution in [0.15, 0.2) is 11.1 Å². The number of hydrogen-bond acceptors (Lipinski definition) is 3. The molecule has 0 aromatic heterocycles. The van der Waals surface area contributed by atoms with Gasteiger partial charge >= 0.3 is 0 Å². The molecule has 5 aliphatic rings. The number of rotatable bonds is 5. The van der Waals surface area contributed by atoms with Gasteiger partial charge in [0.05, 0.1) is 6.10 Å². The summed E-state index contributed by atoms with van der Waals surface area (Å²) in [6.07, 6.45) is 10.8. The fourth-order valence-corrected chi connectivity index (χ4v) is 8.89. The maximum Gasteiger partial charge on any atom is 0.118 e. The van der Waals surface area contributed by atoms with Crippen LogP contribution in [0.2, 0.25) is 0 Å². The first-order valence-electron chi connectivity index (χ1n) is 12.9. The summed E-state index contributed by atoms with van der Waals surface area (Å²) in [5.74, 6) is 2.76. The van der Waals surface area contributed by atoms with Crippen LogP contribution in [0, 0.1) is 34.5 Å². The van der Waals surface area contributed by atoms with E-state index in [9.17, 15) is 10.2 Å². The highest BCUT2D eigenvalue weighted by Crippen LogP contribution is 2.72. The molecule has 1 saturated heterocycles. The van der Waals surface area contributed by atoms with Gasteiger partial charge in [-0.1, -0.05) is 59.5 Å². The van der Waals surface area contributed by atoms with E-state index >= 15 is 0 Å². The third-order valence-electron chi connectivity index (χ3n) is 10.6. The average Bonchev–Trinajstić information content (AvgIpc) is 3.29. The SMILES string of the molecule is CC(C)CCC[C@@H](C)[C@H]1CCC2=C3C(CC[C@@]21C)[C@@]1(C)CC[C@H](O)C[C@@]12O[C@H]2[C@H]3O. The molecule has 1 unspecified atom stereocenters. The van der Waals surface area contributed by atoms with Gasteiger partial charge in [0.2, 0.25) is 0 Å². The molecule has 0 radical (unpaired) electrons. The molecule has 2 N–H and O–H groups in total. The fraction of sp³-hybridized carbons (Fsp3) is 0.926. The van der Waals surface area contributed by atoms with Crippen LogP contribution in [-0.2, 0) is 4.74 Å². The normalized spacial score (nSPS) is 50.6. The summed E-state index contributed by atoms with van der Waals surface area (Å²) in [4.78, 5) is 0. The molecule has 0 amide bonds. The first kappa shape index (κ1) is 21.5. The number of ether oxygens (including phenoxy) is 1. The fourth-order valence-electron chi connectivity index (χ4n) is 8.89. The minimum absolute atomic E-state index is 0.0823. The van der Waals surface area contributed by atoms with Gasteiger partial charge in [0.15, 0.2) is 0 Å². The molecule has 1 spiro atoms. The third-order valence-corrected chi connectivity index (χ3v) is 10.6. The highest BCUT2D eigenvalue weighted by Gasteiger charge is 2.77. The zero-order valence-electron chi connectivity index (χ0n) is 19.9. The van der Waals surface area contributed by atoms with E-state index in [0.717, 1.165) is 37.0 Å². The van der Waals surface area contributed by atoms with Gasteiger partial charge in [-0.2, -0.15) is 0 Å². The summed E-state index contributed by atoms with van der Waals surface area (Å²) in [6.45, 7) is 12.1. The number of epoxide rings is 1. The maximum atomic E-state index is 11.5. The van der Waals surface area contributed by atoms with Crippen LogP contribution in [-0.4, -0.2) is 34.1 Å². The van der Waals surface area contributed by atoms with Gasteiger partial charge < -0.3 is 14.9 Å². The van der Waals surface area contributed by atoms with Crippen LogP contribution in [0.4, 0.5) is 0 Å². The number of fused-ring (bicyclic) bond motifs is 3. The lowest BCUT2D eigenvalue weighted by molar-refractivity contribution is -0.0516. The van der Waals surface area contributed by atoms with E-state index in [-0.39, 0.29) is 28.6 Å². The monoisotopic (exact) mass is 416 g/mol. The van der Waals surface area contributed by atoms with Gasteiger partial charge in [0.1, 0.15) is 17.8 Å². The summed E-state index contributed by atoms with van der Waals surface area (Å²) >= 11 is 0. The van der Waals surface area contributed by atoms with Crippen molar-refractivity contribution in [2.24, 2.45) is 34.5 Å². The van der Waals surface area contributed by atoms with E-state index in [1.54, 1.807) is 5.57 Å². The predicted molar refractivity (Wildman–Crippen MR) is 120 cm³/mol. The van der Waals surface area contributed by atoms with E-state index in [0.29, 0.717) is 5.92 Å². The molecular weight excluding hydrogens is 372 g/mol. The van der Waals surface area contributed by atoms with Gasteiger partial charge in [-0.25, -0.2) is 0 Å². The second kappa shape index (κ2) is 7.06. The smallest absolute Gasteiger partial charge is 0.118 e. The van der Waals surface area contributed by atoms with Crippen LogP contribution >= 0.6 is 0 Å². The zero-order chi connectivity index (χ0) is 21.5. The largest absolute Gasteiger partial charge is 0.393 e. The Kier molecular flexibility index (Phi) is 5.05. The van der Waals surface area contributed by atoms with Crippen molar-refractivity contribution >= 4 is 0 Å². The van der Waals surface area contributed by atoms with Crippen LogP contribution in [0.25, 0.3) is 0 Å². The van der Waals surface area contributed by atoms with Crippen LogP contribution in [0.1, 0.15) is 98.8 Å². The minimum Gasteiger partial charge on any atom is -0.393 e. The van der Waals surface area contributed by atoms with Crippen molar-refractivity contribution in [3.05, 3.63) is 11.1 Å². The Morgan fingerprint density at radius 3 is 2.53 bits per heavy atom. The summed E-state index contributed by atoms with van der Waals surface area (Å²) in [7, 11) is 0. The van der Waals surface area contributed by atoms with E-state index in [4.69, 9.17) is 4.74 Å². The molecule has 4 fully saturated rings. The zero-order valence-corrected chi connectivity index (χ0v) is 19.9. The van der Waals surface area contributed by atoms with Crippen molar-refractivity contribution in [2.45, 2.75) is 123 Å². The molecule has 3 heteroatoms. The Hall–Kier alpha value is -0.380. The molecule has 30 heavy (non-hydrogen) atoms. The highest BCUT2D eigenvalue weighted by atomic mass is 16.6. The lowest BCUT2D eigenvalue weighted by Crippen LogP contribution is -2.57.